The van der Waals surface area contributed by atoms with Crippen LogP contribution in [0.1, 0.15) is 30.4 Å². The number of unbranched alkanes of at least 4 members (excludes halogenated alkanes) is 2. The second-order valence-corrected chi connectivity index (χ2v) is 5.70. The number of anilines is 1. The monoisotopic (exact) mass is 323 g/mol. The SMILES string of the molecule is COC(=O)/C=C/c1cccc(NCCCCCc2ccccc2)c1. The number of hydrogen-bond donors (Lipinski definition) is 1. The van der Waals surface area contributed by atoms with Crippen molar-refractivity contribution in [1.29, 1.82) is 0 Å². The van der Waals surface area contributed by atoms with E-state index in [2.05, 4.69) is 40.4 Å². The lowest BCUT2D eigenvalue weighted by Gasteiger charge is -2.07. The molecule has 3 heteroatoms. The largest absolute Gasteiger partial charge is 0.466 e. The highest BCUT2D eigenvalue weighted by Crippen LogP contribution is 2.13. The molecule has 0 saturated carbocycles. The highest BCUT2D eigenvalue weighted by molar-refractivity contribution is 5.87. The highest BCUT2D eigenvalue weighted by atomic mass is 16.5. The summed E-state index contributed by atoms with van der Waals surface area (Å²) in [6.45, 7) is 0.957. The first-order valence-electron chi connectivity index (χ1n) is 8.42. The maximum Gasteiger partial charge on any atom is 0.330 e. The third-order valence-electron chi connectivity index (χ3n) is 3.81. The Labute approximate surface area is 144 Å². The lowest BCUT2D eigenvalue weighted by molar-refractivity contribution is -0.134. The molecular weight excluding hydrogens is 298 g/mol. The van der Waals surface area contributed by atoms with Crippen LogP contribution in [0.2, 0.25) is 0 Å². The molecule has 3 nitrogen and oxygen atoms in total. The van der Waals surface area contributed by atoms with Crippen LogP contribution in [-0.4, -0.2) is 19.6 Å². The van der Waals surface area contributed by atoms with Crippen molar-refractivity contribution in [3.8, 4) is 0 Å². The van der Waals surface area contributed by atoms with Gasteiger partial charge in [-0.25, -0.2) is 4.79 Å². The summed E-state index contributed by atoms with van der Waals surface area (Å²) in [7, 11) is 1.38. The third kappa shape index (κ3) is 6.69. The lowest BCUT2D eigenvalue weighted by Crippen LogP contribution is -2.01. The van der Waals surface area contributed by atoms with Crippen LogP contribution in [0.15, 0.2) is 60.7 Å². The third-order valence-corrected chi connectivity index (χ3v) is 3.81. The second kappa shape index (κ2) is 10.3. The summed E-state index contributed by atoms with van der Waals surface area (Å²) in [5, 5.41) is 3.44. The van der Waals surface area contributed by atoms with Gasteiger partial charge in [0.2, 0.25) is 0 Å². The summed E-state index contributed by atoms with van der Waals surface area (Å²) in [5.74, 6) is -0.341. The number of nitrogens with one attached hydrogen (secondary N) is 1. The van der Waals surface area contributed by atoms with Gasteiger partial charge in [0.25, 0.3) is 0 Å². The molecule has 0 bridgehead atoms. The van der Waals surface area contributed by atoms with Gasteiger partial charge in [-0.2, -0.15) is 0 Å². The Morgan fingerprint density at radius 2 is 1.88 bits per heavy atom. The molecule has 2 aromatic rings. The molecule has 0 aliphatic carbocycles. The topological polar surface area (TPSA) is 38.3 Å². The Balaban J connectivity index is 1.67. The molecule has 0 aliphatic heterocycles. The van der Waals surface area contributed by atoms with Gasteiger partial charge < -0.3 is 10.1 Å². The molecule has 0 atom stereocenters. The standard InChI is InChI=1S/C21H25NO2/c1-24-21(23)15-14-19-12-8-13-20(17-19)22-16-7-3-6-11-18-9-4-2-5-10-18/h2,4-5,8-10,12-15,17,22H,3,6-7,11,16H2,1H3/b15-14+. The molecule has 1 N–H and O–H groups in total. The first-order valence-corrected chi connectivity index (χ1v) is 8.42. The molecule has 0 radical (unpaired) electrons. The molecule has 0 spiro atoms. The number of esters is 1. The molecule has 0 saturated heterocycles. The lowest BCUT2D eigenvalue weighted by atomic mass is 10.1. The zero-order valence-electron chi connectivity index (χ0n) is 14.2. The second-order valence-electron chi connectivity index (χ2n) is 5.70. The molecule has 24 heavy (non-hydrogen) atoms. The maximum absolute atomic E-state index is 11.1. The van der Waals surface area contributed by atoms with Crippen molar-refractivity contribution in [2.75, 3.05) is 19.0 Å². The minimum atomic E-state index is -0.341. The van der Waals surface area contributed by atoms with E-state index in [0.29, 0.717) is 0 Å². The van der Waals surface area contributed by atoms with Crippen molar-refractivity contribution in [1.82, 2.24) is 0 Å². The first kappa shape index (κ1) is 17.8. The molecule has 0 aliphatic rings. The van der Waals surface area contributed by atoms with Crippen molar-refractivity contribution in [2.24, 2.45) is 0 Å². The van der Waals surface area contributed by atoms with Gasteiger partial charge in [0.1, 0.15) is 0 Å². The molecule has 0 fully saturated rings. The van der Waals surface area contributed by atoms with Gasteiger partial charge in [0.15, 0.2) is 0 Å². The van der Waals surface area contributed by atoms with E-state index in [1.165, 1.54) is 31.6 Å². The van der Waals surface area contributed by atoms with Gasteiger partial charge in [-0.3, -0.25) is 0 Å². The number of aryl methyl sites for hydroxylation is 1. The quantitative estimate of drug-likeness (QED) is 0.413. The number of carbonyl (C=O) groups excluding carboxylic acids is 1. The fourth-order valence-corrected chi connectivity index (χ4v) is 2.49. The predicted molar refractivity (Wildman–Crippen MR) is 100.0 cm³/mol. The Hall–Kier alpha value is -2.55. The first-order chi connectivity index (χ1) is 11.8. The van der Waals surface area contributed by atoms with E-state index in [4.69, 9.17) is 0 Å². The van der Waals surface area contributed by atoms with E-state index in [1.807, 2.05) is 24.3 Å². The molecule has 0 heterocycles. The fourth-order valence-electron chi connectivity index (χ4n) is 2.49. The van der Waals surface area contributed by atoms with Gasteiger partial charge in [-0.05, 0) is 48.6 Å². The number of hydrogen-bond acceptors (Lipinski definition) is 3. The molecule has 0 aromatic heterocycles. The Morgan fingerprint density at radius 1 is 1.04 bits per heavy atom. The van der Waals surface area contributed by atoms with Crippen molar-refractivity contribution >= 4 is 17.7 Å². The van der Waals surface area contributed by atoms with Crippen LogP contribution >= 0.6 is 0 Å². The molecule has 2 aromatic carbocycles. The van der Waals surface area contributed by atoms with E-state index in [0.717, 1.165) is 30.6 Å². The summed E-state index contributed by atoms with van der Waals surface area (Å²) in [6, 6.07) is 18.6. The average Bonchev–Trinajstić information content (AvgIpc) is 2.63. The highest BCUT2D eigenvalue weighted by Gasteiger charge is 1.96. The van der Waals surface area contributed by atoms with Crippen LogP contribution in [-0.2, 0) is 16.0 Å². The Bertz CT molecular complexity index is 650. The van der Waals surface area contributed by atoms with Crippen LogP contribution in [0.25, 0.3) is 6.08 Å². The Morgan fingerprint density at radius 3 is 2.67 bits per heavy atom. The van der Waals surface area contributed by atoms with Gasteiger partial charge in [-0.1, -0.05) is 48.9 Å². The normalized spacial score (nSPS) is 10.7. The van der Waals surface area contributed by atoms with Crippen LogP contribution in [0, 0.1) is 0 Å². The van der Waals surface area contributed by atoms with Crippen molar-refractivity contribution < 1.29 is 9.53 Å². The number of ether oxygens (including phenoxy) is 1. The van der Waals surface area contributed by atoms with Gasteiger partial charge in [-0.15, -0.1) is 0 Å². The molecule has 126 valence electrons. The van der Waals surface area contributed by atoms with Crippen LogP contribution in [0.4, 0.5) is 5.69 Å². The van der Waals surface area contributed by atoms with Crippen molar-refractivity contribution in [3.05, 3.63) is 71.8 Å². The number of benzene rings is 2. The molecule has 0 unspecified atom stereocenters. The smallest absolute Gasteiger partial charge is 0.330 e. The molecular formula is C21H25NO2. The maximum atomic E-state index is 11.1. The minimum Gasteiger partial charge on any atom is -0.466 e. The van der Waals surface area contributed by atoms with Crippen molar-refractivity contribution in [3.63, 3.8) is 0 Å². The van der Waals surface area contributed by atoms with Gasteiger partial charge in [0, 0.05) is 18.3 Å². The average molecular weight is 323 g/mol. The van der Waals surface area contributed by atoms with Crippen LogP contribution in [0.3, 0.4) is 0 Å². The van der Waals surface area contributed by atoms with E-state index in [9.17, 15) is 4.79 Å². The number of rotatable bonds is 9. The summed E-state index contributed by atoms with van der Waals surface area (Å²) in [6.07, 6.45) is 7.92. The van der Waals surface area contributed by atoms with Crippen LogP contribution in [0.5, 0.6) is 0 Å². The van der Waals surface area contributed by atoms with E-state index in [-0.39, 0.29) is 5.97 Å². The zero-order chi connectivity index (χ0) is 17.0. The zero-order valence-corrected chi connectivity index (χ0v) is 14.2. The predicted octanol–water partition coefficient (Wildman–Crippen LogP) is 4.70. The van der Waals surface area contributed by atoms with Crippen LogP contribution < -0.4 is 5.32 Å². The van der Waals surface area contributed by atoms with Gasteiger partial charge in [0.05, 0.1) is 7.11 Å². The summed E-state index contributed by atoms with van der Waals surface area (Å²) >= 11 is 0. The number of carbonyl (C=O) groups is 1. The summed E-state index contributed by atoms with van der Waals surface area (Å²) in [5.41, 5.74) is 3.47. The van der Waals surface area contributed by atoms with Crippen molar-refractivity contribution in [2.45, 2.75) is 25.7 Å². The molecule has 2 rings (SSSR count). The number of methoxy groups -OCH3 is 1. The Kier molecular flexibility index (Phi) is 7.61. The van der Waals surface area contributed by atoms with E-state index < -0.39 is 0 Å². The summed E-state index contributed by atoms with van der Waals surface area (Å²) < 4.78 is 4.60. The van der Waals surface area contributed by atoms with E-state index in [1.54, 1.807) is 6.08 Å². The van der Waals surface area contributed by atoms with E-state index >= 15 is 0 Å². The summed E-state index contributed by atoms with van der Waals surface area (Å²) in [4.78, 5) is 11.1. The molecule has 0 amide bonds. The fraction of sp³-hybridized carbons (Fsp3) is 0.286. The minimum absolute atomic E-state index is 0.341. The van der Waals surface area contributed by atoms with Gasteiger partial charge >= 0.3 is 5.97 Å².